The molecule has 0 spiro atoms. The summed E-state index contributed by atoms with van der Waals surface area (Å²) in [4.78, 5) is 32.7. The monoisotopic (exact) mass is 430 g/mol. The number of hydrogen-bond acceptors (Lipinski definition) is 5. The molecule has 1 aliphatic heterocycles. The van der Waals surface area contributed by atoms with E-state index in [9.17, 15) is 9.59 Å². The lowest BCUT2D eigenvalue weighted by Gasteiger charge is -2.34. The molecule has 0 radical (unpaired) electrons. The molecule has 0 saturated carbocycles. The molecule has 0 unspecified atom stereocenters. The topological polar surface area (TPSA) is 74.8 Å². The van der Waals surface area contributed by atoms with Crippen molar-refractivity contribution >= 4 is 35.1 Å². The van der Waals surface area contributed by atoms with E-state index in [-0.39, 0.29) is 12.0 Å². The molecule has 0 atom stereocenters. The van der Waals surface area contributed by atoms with Gasteiger partial charge < -0.3 is 19.9 Å². The largest absolute Gasteiger partial charge is 0.449 e. The number of nitrogens with one attached hydrogen (secondary N) is 1. The van der Waals surface area contributed by atoms with Gasteiger partial charge in [0.1, 0.15) is 5.82 Å². The smallest absolute Gasteiger partial charge is 0.409 e. The molecule has 1 aromatic heterocycles. The van der Waals surface area contributed by atoms with Gasteiger partial charge in [-0.2, -0.15) is 0 Å². The zero-order valence-corrected chi connectivity index (χ0v) is 18.1. The third kappa shape index (κ3) is 5.63. The number of halogens is 1. The van der Waals surface area contributed by atoms with Gasteiger partial charge in [0, 0.05) is 37.9 Å². The third-order valence-corrected chi connectivity index (χ3v) is 5.26. The predicted molar refractivity (Wildman–Crippen MR) is 117 cm³/mol. The van der Waals surface area contributed by atoms with Crippen LogP contribution in [0.4, 0.5) is 16.3 Å². The number of rotatable bonds is 6. The molecule has 3 rings (SSSR count). The first kappa shape index (κ1) is 21.9. The van der Waals surface area contributed by atoms with E-state index in [1.165, 1.54) is 0 Å². The first-order valence-electron chi connectivity index (χ1n) is 10.2. The highest BCUT2D eigenvalue weighted by atomic mass is 35.5. The van der Waals surface area contributed by atoms with E-state index in [1.807, 2.05) is 32.0 Å². The van der Waals surface area contributed by atoms with Gasteiger partial charge in [-0.05, 0) is 43.2 Å². The van der Waals surface area contributed by atoms with E-state index >= 15 is 0 Å². The molecule has 2 amide bonds. The fourth-order valence-electron chi connectivity index (χ4n) is 3.16. The van der Waals surface area contributed by atoms with Gasteiger partial charge in [-0.1, -0.05) is 31.0 Å². The molecule has 0 bridgehead atoms. The number of aromatic nitrogens is 1. The normalized spacial score (nSPS) is 13.8. The fraction of sp³-hybridized carbons (Fsp3) is 0.409. The molecule has 8 heteroatoms. The Hall–Kier alpha value is -2.80. The number of benzene rings is 1. The summed E-state index contributed by atoms with van der Waals surface area (Å²) in [5.74, 6) is 0.458. The second-order valence-corrected chi connectivity index (χ2v) is 7.69. The number of piperazine rings is 1. The highest BCUT2D eigenvalue weighted by Crippen LogP contribution is 2.26. The van der Waals surface area contributed by atoms with Crippen LogP contribution in [0.25, 0.3) is 0 Å². The van der Waals surface area contributed by atoms with Gasteiger partial charge in [-0.3, -0.25) is 4.79 Å². The summed E-state index contributed by atoms with van der Waals surface area (Å²) in [6, 6.07) is 9.10. The highest BCUT2D eigenvalue weighted by Gasteiger charge is 2.25. The van der Waals surface area contributed by atoms with Crippen molar-refractivity contribution in [1.82, 2.24) is 14.8 Å². The van der Waals surface area contributed by atoms with Crippen molar-refractivity contribution in [3.05, 3.63) is 52.7 Å². The van der Waals surface area contributed by atoms with Gasteiger partial charge in [-0.25, -0.2) is 9.78 Å². The SMILES string of the molecule is CCCCOC(=O)N1CCN(C(=O)c2ccnc(Nc3ccc(C)cc3Cl)c2)CC1. The average Bonchev–Trinajstić information content (AvgIpc) is 2.75. The second-order valence-electron chi connectivity index (χ2n) is 7.29. The Morgan fingerprint density at radius 2 is 1.87 bits per heavy atom. The Morgan fingerprint density at radius 3 is 2.57 bits per heavy atom. The minimum Gasteiger partial charge on any atom is -0.449 e. The Labute approximate surface area is 182 Å². The van der Waals surface area contributed by atoms with E-state index in [1.54, 1.807) is 28.1 Å². The molecule has 30 heavy (non-hydrogen) atoms. The number of hydrogen-bond donors (Lipinski definition) is 1. The van der Waals surface area contributed by atoms with Crippen molar-refractivity contribution < 1.29 is 14.3 Å². The summed E-state index contributed by atoms with van der Waals surface area (Å²) in [6.45, 7) is 6.32. The van der Waals surface area contributed by atoms with Gasteiger partial charge in [0.25, 0.3) is 5.91 Å². The molecule has 1 aromatic carbocycles. The summed E-state index contributed by atoms with van der Waals surface area (Å²) in [6.07, 6.45) is 3.13. The van der Waals surface area contributed by atoms with Crippen molar-refractivity contribution in [2.45, 2.75) is 26.7 Å². The van der Waals surface area contributed by atoms with Crippen molar-refractivity contribution in [2.75, 3.05) is 38.1 Å². The van der Waals surface area contributed by atoms with Crippen LogP contribution >= 0.6 is 11.6 Å². The van der Waals surface area contributed by atoms with E-state index < -0.39 is 0 Å². The van der Waals surface area contributed by atoms with Gasteiger partial charge in [0.15, 0.2) is 0 Å². The van der Waals surface area contributed by atoms with Crippen LogP contribution < -0.4 is 5.32 Å². The number of nitrogens with zero attached hydrogens (tertiary/aromatic N) is 3. The number of aryl methyl sites for hydroxylation is 1. The number of carbonyl (C=O) groups is 2. The van der Waals surface area contributed by atoms with Crippen LogP contribution in [0.2, 0.25) is 5.02 Å². The molecule has 160 valence electrons. The molecule has 0 aliphatic carbocycles. The Kier molecular flexibility index (Phi) is 7.52. The number of unbranched alkanes of at least 4 members (excludes halogenated alkanes) is 1. The molecule has 2 aromatic rings. The Balaban J connectivity index is 1.58. The van der Waals surface area contributed by atoms with Crippen LogP contribution in [-0.4, -0.2) is 59.6 Å². The standard InChI is InChI=1S/C22H27ClN4O3/c1-3-4-13-30-22(29)27-11-9-26(10-12-27)21(28)17-7-8-24-20(15-17)25-19-6-5-16(2)14-18(19)23/h5-8,14-15H,3-4,9-13H2,1-2H3,(H,24,25). The summed E-state index contributed by atoms with van der Waals surface area (Å²) in [5.41, 5.74) is 2.33. The Bertz CT molecular complexity index is 898. The maximum atomic E-state index is 12.9. The average molecular weight is 431 g/mol. The van der Waals surface area contributed by atoms with Crippen molar-refractivity contribution in [3.8, 4) is 0 Å². The van der Waals surface area contributed by atoms with Crippen LogP contribution in [0, 0.1) is 6.92 Å². The van der Waals surface area contributed by atoms with Crippen LogP contribution in [0.1, 0.15) is 35.7 Å². The zero-order chi connectivity index (χ0) is 21.5. The number of anilines is 2. The van der Waals surface area contributed by atoms with Crippen LogP contribution in [0.3, 0.4) is 0 Å². The van der Waals surface area contributed by atoms with E-state index in [4.69, 9.17) is 16.3 Å². The molecule has 1 aliphatic rings. The molecule has 1 fully saturated rings. The summed E-state index contributed by atoms with van der Waals surface area (Å²) in [5, 5.41) is 3.75. The molecule has 1 N–H and O–H groups in total. The highest BCUT2D eigenvalue weighted by molar-refractivity contribution is 6.33. The molecule has 7 nitrogen and oxygen atoms in total. The van der Waals surface area contributed by atoms with Gasteiger partial charge in [0.05, 0.1) is 17.3 Å². The third-order valence-electron chi connectivity index (χ3n) is 4.94. The molecule has 2 heterocycles. The maximum Gasteiger partial charge on any atom is 0.409 e. The lowest BCUT2D eigenvalue weighted by Crippen LogP contribution is -2.50. The number of carbonyl (C=O) groups excluding carboxylic acids is 2. The van der Waals surface area contributed by atoms with Crippen LogP contribution in [-0.2, 0) is 4.74 Å². The first-order valence-corrected chi connectivity index (χ1v) is 10.6. The van der Waals surface area contributed by atoms with E-state index in [0.717, 1.165) is 24.1 Å². The Morgan fingerprint density at radius 1 is 1.13 bits per heavy atom. The predicted octanol–water partition coefficient (Wildman–Crippen LogP) is 4.48. The van der Waals surface area contributed by atoms with Crippen LogP contribution in [0.15, 0.2) is 36.5 Å². The lowest BCUT2D eigenvalue weighted by molar-refractivity contribution is 0.0557. The zero-order valence-electron chi connectivity index (χ0n) is 17.4. The first-order chi connectivity index (χ1) is 14.5. The minimum atomic E-state index is -0.305. The number of pyridine rings is 1. The molecular formula is C22H27ClN4O3. The fourth-order valence-corrected chi connectivity index (χ4v) is 3.44. The van der Waals surface area contributed by atoms with Crippen molar-refractivity contribution in [1.29, 1.82) is 0 Å². The van der Waals surface area contributed by atoms with Gasteiger partial charge in [-0.15, -0.1) is 0 Å². The minimum absolute atomic E-state index is 0.0885. The van der Waals surface area contributed by atoms with Crippen molar-refractivity contribution in [3.63, 3.8) is 0 Å². The van der Waals surface area contributed by atoms with Gasteiger partial charge in [0.2, 0.25) is 0 Å². The number of ether oxygens (including phenoxy) is 1. The summed E-state index contributed by atoms with van der Waals surface area (Å²) in [7, 11) is 0. The number of amides is 2. The van der Waals surface area contributed by atoms with Gasteiger partial charge >= 0.3 is 6.09 Å². The van der Waals surface area contributed by atoms with E-state index in [2.05, 4.69) is 10.3 Å². The van der Waals surface area contributed by atoms with E-state index in [0.29, 0.717) is 49.2 Å². The second kappa shape index (κ2) is 10.3. The van der Waals surface area contributed by atoms with Crippen LogP contribution in [0.5, 0.6) is 0 Å². The lowest BCUT2D eigenvalue weighted by atomic mass is 10.2. The molecular weight excluding hydrogens is 404 g/mol. The molecule has 1 saturated heterocycles. The summed E-state index contributed by atoms with van der Waals surface area (Å²) >= 11 is 6.27. The summed E-state index contributed by atoms with van der Waals surface area (Å²) < 4.78 is 5.25. The van der Waals surface area contributed by atoms with Crippen molar-refractivity contribution in [2.24, 2.45) is 0 Å². The maximum absolute atomic E-state index is 12.9. The quantitative estimate of drug-likeness (QED) is 0.684.